The third-order valence-corrected chi connectivity index (χ3v) is 4.13. The third kappa shape index (κ3) is 12.1. The van der Waals surface area contributed by atoms with Gasteiger partial charge in [0.05, 0.1) is 0 Å². The largest absolute Gasteiger partial charge is 0.458 e. The minimum atomic E-state index is -2.16. The third-order valence-electron chi connectivity index (χ3n) is 4.13. The van der Waals surface area contributed by atoms with Gasteiger partial charge in [0.1, 0.15) is 24.5 Å². The molecule has 1 rings (SSSR count). The molecule has 11 nitrogen and oxygen atoms in total. The van der Waals surface area contributed by atoms with Gasteiger partial charge in [0.2, 0.25) is 11.6 Å². The molecule has 0 aliphatic carbocycles. The van der Waals surface area contributed by atoms with E-state index in [-0.39, 0.29) is 26.2 Å². The highest BCUT2D eigenvalue weighted by Gasteiger charge is 2.45. The molecule has 35 heavy (non-hydrogen) atoms. The molecule has 0 radical (unpaired) electrons. The summed E-state index contributed by atoms with van der Waals surface area (Å²) in [5.41, 5.74) is -3.27. The van der Waals surface area contributed by atoms with Crippen molar-refractivity contribution < 1.29 is 38.1 Å². The number of alkyl carbamates (subject to hydrolysis) is 2. The molecule has 0 heterocycles. The fraction of sp³-hybridized carbons (Fsp3) is 0.583. The van der Waals surface area contributed by atoms with Crippen molar-refractivity contribution in [3.8, 4) is 0 Å². The first-order valence-electron chi connectivity index (χ1n) is 11.1. The van der Waals surface area contributed by atoms with Gasteiger partial charge in [-0.05, 0) is 47.1 Å². The maximum absolute atomic E-state index is 13.3. The van der Waals surface area contributed by atoms with E-state index in [1.807, 2.05) is 6.07 Å². The monoisotopic (exact) mass is 495 g/mol. The van der Waals surface area contributed by atoms with Crippen molar-refractivity contribution in [2.75, 3.05) is 13.8 Å². The van der Waals surface area contributed by atoms with Crippen LogP contribution in [0.5, 0.6) is 0 Å². The van der Waals surface area contributed by atoms with Crippen molar-refractivity contribution in [2.24, 2.45) is 0 Å². The van der Waals surface area contributed by atoms with E-state index in [1.54, 1.807) is 65.8 Å². The van der Waals surface area contributed by atoms with Crippen LogP contribution in [0.25, 0.3) is 0 Å². The SMILES string of the molecule is COCNC(=O)CCC(NC(=O)OC(C)(C)C)(NC(=O)OC(C)(C)C)C(=O)OCc1ccccc1. The molecule has 11 heteroatoms. The molecule has 1 aromatic rings. The van der Waals surface area contributed by atoms with Crippen LogP contribution in [-0.4, -0.2) is 54.8 Å². The van der Waals surface area contributed by atoms with Crippen LogP contribution in [0, 0.1) is 0 Å². The number of hydrogen-bond acceptors (Lipinski definition) is 8. The summed E-state index contributed by atoms with van der Waals surface area (Å²) in [5.74, 6) is -1.48. The highest BCUT2D eigenvalue weighted by Crippen LogP contribution is 2.18. The van der Waals surface area contributed by atoms with Crippen LogP contribution in [0.15, 0.2) is 30.3 Å². The highest BCUT2D eigenvalue weighted by atomic mass is 16.6. The Balaban J connectivity index is 3.27. The first-order valence-corrected chi connectivity index (χ1v) is 11.1. The van der Waals surface area contributed by atoms with Gasteiger partial charge in [-0.1, -0.05) is 30.3 Å². The maximum Gasteiger partial charge on any atom is 0.409 e. The number of carbonyl (C=O) groups is 4. The van der Waals surface area contributed by atoms with E-state index in [0.717, 1.165) is 0 Å². The molecule has 0 fully saturated rings. The number of benzene rings is 1. The van der Waals surface area contributed by atoms with Gasteiger partial charge < -0.3 is 24.3 Å². The fourth-order valence-corrected chi connectivity index (χ4v) is 2.70. The zero-order valence-corrected chi connectivity index (χ0v) is 21.5. The Morgan fingerprint density at radius 2 is 1.34 bits per heavy atom. The summed E-state index contributed by atoms with van der Waals surface area (Å²) in [6, 6.07) is 8.84. The van der Waals surface area contributed by atoms with E-state index in [0.29, 0.717) is 5.56 Å². The molecule has 0 aliphatic rings. The van der Waals surface area contributed by atoms with Gasteiger partial charge >= 0.3 is 18.2 Å². The van der Waals surface area contributed by atoms with Crippen LogP contribution in [-0.2, 0) is 35.1 Å². The topological polar surface area (TPSA) is 141 Å². The lowest BCUT2D eigenvalue weighted by atomic mass is 10.0. The zero-order valence-electron chi connectivity index (χ0n) is 21.5. The van der Waals surface area contributed by atoms with E-state index < -0.39 is 40.9 Å². The van der Waals surface area contributed by atoms with E-state index in [1.165, 1.54) is 7.11 Å². The van der Waals surface area contributed by atoms with Crippen LogP contribution in [0.2, 0.25) is 0 Å². The Hall–Kier alpha value is -3.34. The van der Waals surface area contributed by atoms with E-state index in [9.17, 15) is 19.2 Å². The van der Waals surface area contributed by atoms with Gasteiger partial charge in [-0.3, -0.25) is 15.4 Å². The van der Waals surface area contributed by atoms with E-state index in [4.69, 9.17) is 18.9 Å². The quantitative estimate of drug-likeness (QED) is 0.256. The molecule has 1 aromatic carbocycles. The normalized spacial score (nSPS) is 11.7. The van der Waals surface area contributed by atoms with Crippen LogP contribution >= 0.6 is 0 Å². The van der Waals surface area contributed by atoms with Crippen molar-refractivity contribution in [1.29, 1.82) is 0 Å². The van der Waals surface area contributed by atoms with Crippen molar-refractivity contribution >= 4 is 24.1 Å². The minimum Gasteiger partial charge on any atom is -0.458 e. The average Bonchev–Trinajstić information content (AvgIpc) is 2.72. The first-order chi connectivity index (χ1) is 16.2. The molecule has 0 aromatic heterocycles. The van der Waals surface area contributed by atoms with Gasteiger partial charge in [0, 0.05) is 20.0 Å². The van der Waals surface area contributed by atoms with Gasteiger partial charge in [-0.25, -0.2) is 14.4 Å². The molecular formula is C24H37N3O8. The second-order valence-electron chi connectivity index (χ2n) is 9.75. The predicted molar refractivity (Wildman–Crippen MR) is 127 cm³/mol. The molecule has 0 atom stereocenters. The number of hydrogen-bond donors (Lipinski definition) is 3. The van der Waals surface area contributed by atoms with Gasteiger partial charge in [-0.15, -0.1) is 0 Å². The average molecular weight is 496 g/mol. The number of nitrogens with one attached hydrogen (secondary N) is 3. The molecule has 0 aliphatic heterocycles. The lowest BCUT2D eigenvalue weighted by molar-refractivity contribution is -0.155. The molecule has 3 N–H and O–H groups in total. The van der Waals surface area contributed by atoms with Crippen molar-refractivity contribution in [3.63, 3.8) is 0 Å². The summed E-state index contributed by atoms with van der Waals surface area (Å²) in [7, 11) is 1.40. The Morgan fingerprint density at radius 1 is 0.829 bits per heavy atom. The molecule has 0 saturated heterocycles. The van der Waals surface area contributed by atoms with Crippen LogP contribution in [0.3, 0.4) is 0 Å². The molecule has 0 unspecified atom stereocenters. The van der Waals surface area contributed by atoms with Crippen LogP contribution in [0.1, 0.15) is 59.9 Å². The smallest absolute Gasteiger partial charge is 0.409 e. The van der Waals surface area contributed by atoms with Crippen molar-refractivity contribution in [2.45, 2.75) is 77.9 Å². The Kier molecular flexibility index (Phi) is 11.0. The molecule has 3 amide bonds. The summed E-state index contributed by atoms with van der Waals surface area (Å²) in [4.78, 5) is 51.0. The molecule has 0 spiro atoms. The van der Waals surface area contributed by atoms with Gasteiger partial charge in [0.15, 0.2) is 0 Å². The lowest BCUT2D eigenvalue weighted by Gasteiger charge is -2.34. The zero-order chi connectivity index (χ0) is 26.7. The Morgan fingerprint density at radius 3 is 1.80 bits per heavy atom. The summed E-state index contributed by atoms with van der Waals surface area (Å²) in [5, 5.41) is 7.27. The summed E-state index contributed by atoms with van der Waals surface area (Å²) in [6.07, 6.45) is -2.62. The number of ether oxygens (including phenoxy) is 4. The molecule has 0 saturated carbocycles. The molecule has 196 valence electrons. The van der Waals surface area contributed by atoms with E-state index >= 15 is 0 Å². The highest BCUT2D eigenvalue weighted by molar-refractivity contribution is 5.90. The van der Waals surface area contributed by atoms with Gasteiger partial charge in [0.25, 0.3) is 0 Å². The predicted octanol–water partition coefficient (Wildman–Crippen LogP) is 2.98. The fourth-order valence-electron chi connectivity index (χ4n) is 2.70. The van der Waals surface area contributed by atoms with Crippen LogP contribution < -0.4 is 16.0 Å². The second kappa shape index (κ2) is 12.9. The molecular weight excluding hydrogens is 458 g/mol. The minimum absolute atomic E-state index is 0.0523. The summed E-state index contributed by atoms with van der Waals surface area (Å²) in [6.45, 7) is 9.65. The Labute approximate surface area is 206 Å². The summed E-state index contributed by atoms with van der Waals surface area (Å²) >= 11 is 0. The lowest BCUT2D eigenvalue weighted by Crippen LogP contribution is -2.67. The Bertz CT molecular complexity index is 830. The van der Waals surface area contributed by atoms with Crippen molar-refractivity contribution in [3.05, 3.63) is 35.9 Å². The van der Waals surface area contributed by atoms with Crippen LogP contribution in [0.4, 0.5) is 9.59 Å². The number of amides is 3. The number of carbonyl (C=O) groups excluding carboxylic acids is 4. The second-order valence-corrected chi connectivity index (χ2v) is 9.75. The van der Waals surface area contributed by atoms with E-state index in [2.05, 4.69) is 16.0 Å². The van der Waals surface area contributed by atoms with Crippen molar-refractivity contribution in [1.82, 2.24) is 16.0 Å². The van der Waals surface area contributed by atoms with Gasteiger partial charge in [-0.2, -0.15) is 0 Å². The number of esters is 1. The molecule has 0 bridgehead atoms. The number of rotatable bonds is 10. The standard InChI is InChI=1S/C24H37N3O8/c1-22(2,3)34-20(30)26-24(14-13-18(28)25-16-32-7,27-21(31)35-23(4,5)6)19(29)33-15-17-11-9-8-10-12-17/h8-12H,13-16H2,1-7H3,(H,25,28)(H,26,30)(H,27,31). The maximum atomic E-state index is 13.3. The first kappa shape index (κ1) is 29.7. The summed E-state index contributed by atoms with van der Waals surface area (Å²) < 4.78 is 20.8. The number of methoxy groups -OCH3 is 1.